The van der Waals surface area contributed by atoms with Crippen LogP contribution in [0, 0.1) is 5.92 Å². The normalized spacial score (nSPS) is 22.1. The van der Waals surface area contributed by atoms with Crippen LogP contribution in [0.4, 0.5) is 0 Å². The monoisotopic (exact) mass is 274 g/mol. The van der Waals surface area contributed by atoms with Crippen molar-refractivity contribution in [3.63, 3.8) is 0 Å². The third-order valence-electron chi connectivity index (χ3n) is 3.37. The van der Waals surface area contributed by atoms with Crippen LogP contribution in [-0.4, -0.2) is 11.9 Å². The molecule has 0 bridgehead atoms. The van der Waals surface area contributed by atoms with Gasteiger partial charge in [0.2, 0.25) is 0 Å². The first-order chi connectivity index (χ1) is 9.77. The second-order valence-corrected chi connectivity index (χ2v) is 4.86. The average molecular weight is 274 g/mol. The third-order valence-corrected chi connectivity index (χ3v) is 3.37. The molecule has 0 unspecified atom stereocenters. The van der Waals surface area contributed by atoms with Gasteiger partial charge in [0, 0.05) is 0 Å². The molecule has 0 aromatic rings. The van der Waals surface area contributed by atoms with Crippen LogP contribution < -0.4 is 0 Å². The van der Waals surface area contributed by atoms with E-state index in [1.807, 2.05) is 6.08 Å². The standard InChI is InChI=1S/C16H18O4/c17-15(13-9-5-2-1-3-6-10-13)19-20-16(18)14-11-7-4-8-12-14/h1-3,5-6,9-10,14H,4,7-8,11-12H2/b2-1-,3-1?,5-2?,6-3-,9-5?,10-6?,13-9?,13-10?. The minimum absolute atomic E-state index is 0.138. The molecule has 20 heavy (non-hydrogen) atoms. The molecule has 0 saturated heterocycles. The van der Waals surface area contributed by atoms with Crippen molar-refractivity contribution >= 4 is 11.9 Å². The molecule has 0 aromatic carbocycles. The highest BCUT2D eigenvalue weighted by atomic mass is 17.2. The van der Waals surface area contributed by atoms with Crippen LogP contribution in [0.25, 0.3) is 0 Å². The van der Waals surface area contributed by atoms with Gasteiger partial charge in [0.25, 0.3) is 0 Å². The molecular formula is C16H18O4. The lowest BCUT2D eigenvalue weighted by Crippen LogP contribution is -2.22. The Bertz CT molecular complexity index is 477. The topological polar surface area (TPSA) is 52.6 Å². The molecule has 0 spiro atoms. The van der Waals surface area contributed by atoms with Gasteiger partial charge >= 0.3 is 11.9 Å². The first-order valence-corrected chi connectivity index (χ1v) is 6.92. The Balaban J connectivity index is 1.83. The molecule has 1 saturated carbocycles. The number of hydrogen-bond donors (Lipinski definition) is 0. The van der Waals surface area contributed by atoms with E-state index in [1.165, 1.54) is 0 Å². The number of hydrogen-bond acceptors (Lipinski definition) is 4. The van der Waals surface area contributed by atoms with Crippen LogP contribution in [-0.2, 0) is 19.4 Å². The maximum atomic E-state index is 11.8. The molecule has 0 amide bonds. The predicted molar refractivity (Wildman–Crippen MR) is 74.3 cm³/mol. The molecule has 106 valence electrons. The van der Waals surface area contributed by atoms with Gasteiger partial charge in [-0.2, -0.15) is 0 Å². The molecule has 0 radical (unpaired) electrons. The van der Waals surface area contributed by atoms with Crippen LogP contribution in [0.15, 0.2) is 48.1 Å². The van der Waals surface area contributed by atoms with Gasteiger partial charge in [-0.3, -0.25) is 0 Å². The summed E-state index contributed by atoms with van der Waals surface area (Å²) in [6, 6.07) is 0. The minimum Gasteiger partial charge on any atom is -0.247 e. The van der Waals surface area contributed by atoms with Crippen molar-refractivity contribution in [2.24, 2.45) is 5.92 Å². The Morgan fingerprint density at radius 3 is 2.40 bits per heavy atom. The molecule has 2 rings (SSSR count). The van der Waals surface area contributed by atoms with Crippen molar-refractivity contribution in [1.29, 1.82) is 0 Å². The van der Waals surface area contributed by atoms with Gasteiger partial charge in [-0.05, 0) is 25.0 Å². The Kier molecular flexibility index (Phi) is 5.35. The fourth-order valence-corrected chi connectivity index (χ4v) is 2.24. The molecule has 0 heterocycles. The first-order valence-electron chi connectivity index (χ1n) is 6.92. The van der Waals surface area contributed by atoms with Gasteiger partial charge in [0.15, 0.2) is 0 Å². The summed E-state index contributed by atoms with van der Waals surface area (Å²) in [5.74, 6) is -1.24. The number of carbonyl (C=O) groups is 2. The zero-order valence-electron chi connectivity index (χ0n) is 11.3. The fraction of sp³-hybridized carbons (Fsp3) is 0.375. The second-order valence-electron chi connectivity index (χ2n) is 4.86. The van der Waals surface area contributed by atoms with Crippen LogP contribution >= 0.6 is 0 Å². The number of allylic oxidation sites excluding steroid dienone is 6. The van der Waals surface area contributed by atoms with Gasteiger partial charge in [0.1, 0.15) is 0 Å². The molecule has 4 nitrogen and oxygen atoms in total. The van der Waals surface area contributed by atoms with E-state index < -0.39 is 11.9 Å². The molecule has 0 atom stereocenters. The van der Waals surface area contributed by atoms with Crippen LogP contribution in [0.2, 0.25) is 0 Å². The second kappa shape index (κ2) is 7.48. The third kappa shape index (κ3) is 4.23. The lowest BCUT2D eigenvalue weighted by atomic mass is 9.89. The Morgan fingerprint density at radius 2 is 1.60 bits per heavy atom. The molecule has 2 aliphatic carbocycles. The number of rotatable bonds is 2. The maximum Gasteiger partial charge on any atom is 0.386 e. The van der Waals surface area contributed by atoms with E-state index in [9.17, 15) is 9.59 Å². The van der Waals surface area contributed by atoms with Crippen LogP contribution in [0.5, 0.6) is 0 Å². The Hall–Kier alpha value is -2.10. The Morgan fingerprint density at radius 1 is 0.900 bits per heavy atom. The molecule has 4 heteroatoms. The molecule has 0 aromatic heterocycles. The summed E-state index contributed by atoms with van der Waals surface area (Å²) in [6.07, 6.45) is 16.9. The van der Waals surface area contributed by atoms with E-state index in [-0.39, 0.29) is 5.92 Å². The van der Waals surface area contributed by atoms with E-state index in [0.29, 0.717) is 5.57 Å². The van der Waals surface area contributed by atoms with Gasteiger partial charge < -0.3 is 0 Å². The van der Waals surface area contributed by atoms with E-state index >= 15 is 0 Å². The van der Waals surface area contributed by atoms with Crippen molar-refractivity contribution in [1.82, 2.24) is 0 Å². The van der Waals surface area contributed by atoms with Crippen molar-refractivity contribution in [2.75, 3.05) is 0 Å². The molecule has 0 aliphatic heterocycles. The molecule has 1 fully saturated rings. The van der Waals surface area contributed by atoms with Crippen molar-refractivity contribution in [3.8, 4) is 0 Å². The minimum atomic E-state index is -0.662. The highest BCUT2D eigenvalue weighted by Gasteiger charge is 2.24. The lowest BCUT2D eigenvalue weighted by molar-refractivity contribution is -0.259. The fourth-order valence-electron chi connectivity index (χ4n) is 2.24. The van der Waals surface area contributed by atoms with Gasteiger partial charge in [-0.1, -0.05) is 49.6 Å². The summed E-state index contributed by atoms with van der Waals surface area (Å²) in [6.45, 7) is 0. The summed E-state index contributed by atoms with van der Waals surface area (Å²) in [7, 11) is 0. The molecule has 2 aliphatic rings. The first kappa shape index (κ1) is 14.3. The van der Waals surface area contributed by atoms with E-state index in [4.69, 9.17) is 0 Å². The Labute approximate surface area is 118 Å². The summed E-state index contributed by atoms with van der Waals surface area (Å²) in [5, 5.41) is 0. The summed E-state index contributed by atoms with van der Waals surface area (Å²) in [5.41, 5.74) is 0.335. The SMILES string of the molecule is O=C(OOC(=O)C1CCCCC1)C1=C/C=C\C=C/C=C1. The van der Waals surface area contributed by atoms with Crippen LogP contribution in [0.1, 0.15) is 32.1 Å². The van der Waals surface area contributed by atoms with Gasteiger partial charge in [-0.25, -0.2) is 19.4 Å². The van der Waals surface area contributed by atoms with Gasteiger partial charge in [-0.15, -0.1) is 0 Å². The maximum absolute atomic E-state index is 11.8. The zero-order valence-corrected chi connectivity index (χ0v) is 11.3. The number of carbonyl (C=O) groups excluding carboxylic acids is 2. The molecule has 0 N–H and O–H groups in total. The van der Waals surface area contributed by atoms with Crippen molar-refractivity contribution in [2.45, 2.75) is 32.1 Å². The van der Waals surface area contributed by atoms with Crippen LogP contribution in [0.3, 0.4) is 0 Å². The highest BCUT2D eigenvalue weighted by Crippen LogP contribution is 2.24. The highest BCUT2D eigenvalue weighted by molar-refractivity contribution is 5.92. The van der Waals surface area contributed by atoms with E-state index in [2.05, 4.69) is 9.78 Å². The summed E-state index contributed by atoms with van der Waals surface area (Å²) < 4.78 is 0. The van der Waals surface area contributed by atoms with E-state index in [0.717, 1.165) is 32.1 Å². The van der Waals surface area contributed by atoms with Gasteiger partial charge in [0.05, 0.1) is 11.5 Å². The zero-order chi connectivity index (χ0) is 14.2. The largest absolute Gasteiger partial charge is 0.386 e. The van der Waals surface area contributed by atoms with E-state index in [1.54, 1.807) is 36.5 Å². The predicted octanol–water partition coefficient (Wildman–Crippen LogP) is 3.18. The quantitative estimate of drug-likeness (QED) is 0.573. The molecular weight excluding hydrogens is 256 g/mol. The van der Waals surface area contributed by atoms with Crippen molar-refractivity contribution < 1.29 is 19.4 Å². The average Bonchev–Trinajstić information content (AvgIpc) is 2.45. The lowest BCUT2D eigenvalue weighted by Gasteiger charge is -2.18. The van der Waals surface area contributed by atoms with Crippen molar-refractivity contribution in [3.05, 3.63) is 48.1 Å². The summed E-state index contributed by atoms with van der Waals surface area (Å²) in [4.78, 5) is 32.8. The summed E-state index contributed by atoms with van der Waals surface area (Å²) >= 11 is 0. The smallest absolute Gasteiger partial charge is 0.247 e.